The molecule has 2 N–H and O–H groups in total. The molecule has 0 atom stereocenters. The SMILES string of the molecule is Cc1c(O)cccc1Nc1cc(-c2cccc(N(C)C)c2)ncn1. The molecule has 5 nitrogen and oxygen atoms in total. The molecule has 0 saturated heterocycles. The maximum absolute atomic E-state index is 9.82. The highest BCUT2D eigenvalue weighted by atomic mass is 16.3. The van der Waals surface area contributed by atoms with Crippen molar-refractivity contribution in [2.24, 2.45) is 0 Å². The first-order valence-electron chi connectivity index (χ1n) is 7.70. The van der Waals surface area contributed by atoms with E-state index in [1.54, 1.807) is 12.1 Å². The van der Waals surface area contributed by atoms with Gasteiger partial charge in [-0.3, -0.25) is 0 Å². The molecule has 3 aromatic rings. The smallest absolute Gasteiger partial charge is 0.134 e. The van der Waals surface area contributed by atoms with E-state index in [0.29, 0.717) is 5.82 Å². The van der Waals surface area contributed by atoms with E-state index >= 15 is 0 Å². The summed E-state index contributed by atoms with van der Waals surface area (Å²) in [4.78, 5) is 10.7. The molecule has 0 bridgehead atoms. The van der Waals surface area contributed by atoms with Crippen LogP contribution in [0.15, 0.2) is 54.9 Å². The Bertz CT molecular complexity index is 861. The van der Waals surface area contributed by atoms with Crippen molar-refractivity contribution in [1.82, 2.24) is 9.97 Å². The number of hydrogen-bond acceptors (Lipinski definition) is 5. The molecule has 0 fully saturated rings. The summed E-state index contributed by atoms with van der Waals surface area (Å²) in [6, 6.07) is 15.5. The minimum atomic E-state index is 0.257. The topological polar surface area (TPSA) is 61.3 Å². The monoisotopic (exact) mass is 320 g/mol. The summed E-state index contributed by atoms with van der Waals surface area (Å²) < 4.78 is 0. The number of benzene rings is 2. The number of nitrogens with zero attached hydrogens (tertiary/aromatic N) is 3. The fraction of sp³-hybridized carbons (Fsp3) is 0.158. The Kier molecular flexibility index (Phi) is 4.33. The van der Waals surface area contributed by atoms with Crippen LogP contribution in [0.4, 0.5) is 17.2 Å². The highest BCUT2D eigenvalue weighted by molar-refractivity contribution is 5.70. The van der Waals surface area contributed by atoms with E-state index < -0.39 is 0 Å². The molecule has 3 rings (SSSR count). The van der Waals surface area contributed by atoms with Crippen LogP contribution in [0.1, 0.15) is 5.56 Å². The summed E-state index contributed by atoms with van der Waals surface area (Å²) in [6.07, 6.45) is 1.54. The van der Waals surface area contributed by atoms with Crippen LogP contribution >= 0.6 is 0 Å². The zero-order valence-electron chi connectivity index (χ0n) is 14.0. The summed E-state index contributed by atoms with van der Waals surface area (Å²) >= 11 is 0. The molecular formula is C19H20N4O. The molecule has 0 aliphatic rings. The van der Waals surface area contributed by atoms with E-state index in [1.165, 1.54) is 6.33 Å². The largest absolute Gasteiger partial charge is 0.508 e. The Balaban J connectivity index is 1.92. The number of nitrogens with one attached hydrogen (secondary N) is 1. The Hall–Kier alpha value is -3.08. The quantitative estimate of drug-likeness (QED) is 0.762. The molecule has 24 heavy (non-hydrogen) atoms. The van der Waals surface area contributed by atoms with Gasteiger partial charge in [0.25, 0.3) is 0 Å². The standard InChI is InChI=1S/C19H20N4O/c1-13-16(8-5-9-18(13)24)22-19-11-17(20-12-21-19)14-6-4-7-15(10-14)23(2)3/h4-12,24H,1-3H3,(H,20,21,22). The van der Waals surface area contributed by atoms with Gasteiger partial charge < -0.3 is 15.3 Å². The second-order valence-electron chi connectivity index (χ2n) is 5.81. The molecule has 5 heteroatoms. The Morgan fingerprint density at radius 3 is 2.58 bits per heavy atom. The van der Waals surface area contributed by atoms with E-state index in [0.717, 1.165) is 28.2 Å². The first kappa shape index (κ1) is 15.8. The molecular weight excluding hydrogens is 300 g/mol. The van der Waals surface area contributed by atoms with Gasteiger partial charge >= 0.3 is 0 Å². The van der Waals surface area contributed by atoms with Crippen molar-refractivity contribution < 1.29 is 5.11 Å². The maximum atomic E-state index is 9.82. The highest BCUT2D eigenvalue weighted by Crippen LogP contribution is 2.28. The summed E-state index contributed by atoms with van der Waals surface area (Å²) in [6.45, 7) is 1.86. The zero-order valence-corrected chi connectivity index (χ0v) is 14.0. The molecule has 122 valence electrons. The summed E-state index contributed by atoms with van der Waals surface area (Å²) in [5, 5.41) is 13.1. The number of aromatic nitrogens is 2. The third-order valence-corrected chi connectivity index (χ3v) is 3.89. The first-order chi connectivity index (χ1) is 11.5. The molecule has 1 aromatic heterocycles. The predicted octanol–water partition coefficient (Wildman–Crippen LogP) is 3.97. The number of anilines is 3. The lowest BCUT2D eigenvalue weighted by Crippen LogP contribution is -2.08. The van der Waals surface area contributed by atoms with Gasteiger partial charge in [0.05, 0.1) is 5.69 Å². The number of aromatic hydroxyl groups is 1. The number of phenolic OH excluding ortho intramolecular Hbond substituents is 1. The van der Waals surface area contributed by atoms with Crippen molar-refractivity contribution in [1.29, 1.82) is 0 Å². The summed E-state index contributed by atoms with van der Waals surface area (Å²) in [5.74, 6) is 0.942. The van der Waals surface area contributed by atoms with Crippen LogP contribution in [-0.2, 0) is 0 Å². The van der Waals surface area contributed by atoms with E-state index in [4.69, 9.17) is 0 Å². The van der Waals surface area contributed by atoms with Crippen molar-refractivity contribution in [2.75, 3.05) is 24.3 Å². The molecule has 0 unspecified atom stereocenters. The molecule has 0 amide bonds. The zero-order chi connectivity index (χ0) is 17.1. The number of phenols is 1. The minimum absolute atomic E-state index is 0.257. The number of rotatable bonds is 4. The average molecular weight is 320 g/mol. The maximum Gasteiger partial charge on any atom is 0.134 e. The van der Waals surface area contributed by atoms with Gasteiger partial charge in [-0.25, -0.2) is 9.97 Å². The lowest BCUT2D eigenvalue weighted by molar-refractivity contribution is 0.471. The van der Waals surface area contributed by atoms with E-state index in [-0.39, 0.29) is 5.75 Å². The molecule has 1 heterocycles. The van der Waals surface area contributed by atoms with Gasteiger partial charge in [-0.2, -0.15) is 0 Å². The molecule has 0 aliphatic heterocycles. The molecule has 2 aromatic carbocycles. The number of hydrogen-bond donors (Lipinski definition) is 2. The molecule has 0 radical (unpaired) electrons. The predicted molar refractivity (Wildman–Crippen MR) is 97.9 cm³/mol. The second-order valence-corrected chi connectivity index (χ2v) is 5.81. The minimum Gasteiger partial charge on any atom is -0.508 e. The van der Waals surface area contributed by atoms with Crippen LogP contribution in [0.5, 0.6) is 5.75 Å². The van der Waals surface area contributed by atoms with Gasteiger partial charge in [0.1, 0.15) is 17.9 Å². The van der Waals surface area contributed by atoms with Crippen molar-refractivity contribution in [3.8, 4) is 17.0 Å². The van der Waals surface area contributed by atoms with Crippen LogP contribution in [0.25, 0.3) is 11.3 Å². The van der Waals surface area contributed by atoms with Gasteiger partial charge in [0, 0.05) is 42.7 Å². The van der Waals surface area contributed by atoms with Gasteiger partial charge in [-0.15, -0.1) is 0 Å². The van der Waals surface area contributed by atoms with Crippen LogP contribution < -0.4 is 10.2 Å². The molecule has 0 spiro atoms. The van der Waals surface area contributed by atoms with Crippen molar-refractivity contribution in [3.05, 3.63) is 60.4 Å². The third kappa shape index (κ3) is 3.30. The van der Waals surface area contributed by atoms with Crippen molar-refractivity contribution in [2.45, 2.75) is 6.92 Å². The second kappa shape index (κ2) is 6.58. The fourth-order valence-corrected chi connectivity index (χ4v) is 2.42. The van der Waals surface area contributed by atoms with Gasteiger partial charge in [-0.1, -0.05) is 18.2 Å². The lowest BCUT2D eigenvalue weighted by Gasteiger charge is -2.14. The summed E-state index contributed by atoms with van der Waals surface area (Å²) in [5.41, 5.74) is 4.59. The van der Waals surface area contributed by atoms with Crippen molar-refractivity contribution in [3.63, 3.8) is 0 Å². The molecule has 0 aliphatic carbocycles. The Labute approximate surface area is 141 Å². The first-order valence-corrected chi connectivity index (χ1v) is 7.70. The van der Waals surface area contributed by atoms with Crippen LogP contribution in [-0.4, -0.2) is 29.2 Å². The van der Waals surface area contributed by atoms with E-state index in [2.05, 4.69) is 32.3 Å². The van der Waals surface area contributed by atoms with Crippen molar-refractivity contribution >= 4 is 17.2 Å². The normalized spacial score (nSPS) is 10.5. The molecule has 0 saturated carbocycles. The Morgan fingerprint density at radius 2 is 1.79 bits per heavy atom. The van der Waals surface area contributed by atoms with Gasteiger partial charge in [0.15, 0.2) is 0 Å². The van der Waals surface area contributed by atoms with Gasteiger partial charge in [-0.05, 0) is 31.2 Å². The highest BCUT2D eigenvalue weighted by Gasteiger charge is 2.07. The van der Waals surface area contributed by atoms with Crippen LogP contribution in [0.2, 0.25) is 0 Å². The third-order valence-electron chi connectivity index (χ3n) is 3.89. The Morgan fingerprint density at radius 1 is 1.00 bits per heavy atom. The van der Waals surface area contributed by atoms with Crippen LogP contribution in [0.3, 0.4) is 0 Å². The lowest BCUT2D eigenvalue weighted by atomic mass is 10.1. The van der Waals surface area contributed by atoms with E-state index in [1.807, 2.05) is 45.3 Å². The van der Waals surface area contributed by atoms with E-state index in [9.17, 15) is 5.11 Å². The average Bonchev–Trinajstić information content (AvgIpc) is 2.59. The van der Waals surface area contributed by atoms with Crippen LogP contribution in [0, 0.1) is 6.92 Å². The van der Waals surface area contributed by atoms with Gasteiger partial charge in [0.2, 0.25) is 0 Å². The fourth-order valence-electron chi connectivity index (χ4n) is 2.42. The summed E-state index contributed by atoms with van der Waals surface area (Å²) in [7, 11) is 4.02.